The molecule has 1 atom stereocenters. The number of aromatic nitrogens is 2. The Bertz CT molecular complexity index is 557. The fourth-order valence-corrected chi connectivity index (χ4v) is 2.96. The summed E-state index contributed by atoms with van der Waals surface area (Å²) in [4.78, 5) is 0. The third-order valence-corrected chi connectivity index (χ3v) is 4.55. The topological polar surface area (TPSA) is 37.8 Å². The Balaban J connectivity index is 2.09. The molecule has 1 aromatic carbocycles. The van der Waals surface area contributed by atoms with Gasteiger partial charge in [0.1, 0.15) is 10.0 Å². The van der Waals surface area contributed by atoms with Crippen molar-refractivity contribution >= 4 is 34.5 Å². The van der Waals surface area contributed by atoms with Gasteiger partial charge in [0.15, 0.2) is 0 Å². The zero-order chi connectivity index (χ0) is 13.8. The Hall–Kier alpha value is -0.680. The van der Waals surface area contributed by atoms with Crippen LogP contribution >= 0.6 is 34.5 Å². The van der Waals surface area contributed by atoms with Gasteiger partial charge < -0.3 is 5.32 Å². The van der Waals surface area contributed by atoms with E-state index >= 15 is 0 Å². The first-order valence-corrected chi connectivity index (χ1v) is 7.67. The summed E-state index contributed by atoms with van der Waals surface area (Å²) in [5, 5.41) is 14.9. The molecule has 0 bridgehead atoms. The monoisotopic (exact) mass is 315 g/mol. The van der Waals surface area contributed by atoms with E-state index in [-0.39, 0.29) is 6.04 Å². The molecule has 1 aromatic heterocycles. The largest absolute Gasteiger partial charge is 0.308 e. The summed E-state index contributed by atoms with van der Waals surface area (Å²) in [5.41, 5.74) is 1.09. The molecule has 0 amide bonds. The maximum Gasteiger partial charge on any atom is 0.134 e. The Kier molecular flexibility index (Phi) is 5.16. The van der Waals surface area contributed by atoms with Crippen LogP contribution in [0.2, 0.25) is 10.0 Å². The molecule has 6 heteroatoms. The third kappa shape index (κ3) is 3.89. The second-order valence-electron chi connectivity index (χ2n) is 4.24. The van der Waals surface area contributed by atoms with Crippen LogP contribution in [0.1, 0.15) is 35.5 Å². The van der Waals surface area contributed by atoms with E-state index in [4.69, 9.17) is 23.2 Å². The number of halogens is 2. The molecule has 0 aliphatic carbocycles. The lowest BCUT2D eigenvalue weighted by atomic mass is 10.2. The van der Waals surface area contributed by atoms with E-state index in [0.29, 0.717) is 10.0 Å². The molecule has 0 aliphatic rings. The van der Waals surface area contributed by atoms with Gasteiger partial charge >= 0.3 is 0 Å². The Morgan fingerprint density at radius 1 is 1.26 bits per heavy atom. The van der Waals surface area contributed by atoms with Crippen molar-refractivity contribution in [2.75, 3.05) is 6.54 Å². The minimum absolute atomic E-state index is 0.241. The molecule has 0 saturated carbocycles. The van der Waals surface area contributed by atoms with Gasteiger partial charge in [-0.25, -0.2) is 0 Å². The number of hydrogen-bond donors (Lipinski definition) is 1. The second-order valence-corrected chi connectivity index (χ2v) is 6.15. The summed E-state index contributed by atoms with van der Waals surface area (Å²) in [6.45, 7) is 5.09. The Morgan fingerprint density at radius 2 is 2.05 bits per heavy atom. The maximum absolute atomic E-state index is 6.00. The highest BCUT2D eigenvalue weighted by atomic mass is 35.5. The molecule has 0 fully saturated rings. The maximum atomic E-state index is 6.00. The zero-order valence-corrected chi connectivity index (χ0v) is 13.1. The molecule has 2 aromatic rings. The summed E-state index contributed by atoms with van der Waals surface area (Å²) in [6.07, 6.45) is 0.730. The van der Waals surface area contributed by atoms with Crippen LogP contribution in [0.15, 0.2) is 18.2 Å². The van der Waals surface area contributed by atoms with Crippen LogP contribution in [0.5, 0.6) is 0 Å². The van der Waals surface area contributed by atoms with E-state index in [1.54, 1.807) is 11.3 Å². The predicted molar refractivity (Wildman–Crippen MR) is 81.3 cm³/mol. The highest BCUT2D eigenvalue weighted by Gasteiger charge is 2.11. The van der Waals surface area contributed by atoms with Gasteiger partial charge in [0.25, 0.3) is 0 Å². The molecular formula is C13H15Cl2N3S. The van der Waals surface area contributed by atoms with E-state index in [1.807, 2.05) is 18.2 Å². The van der Waals surface area contributed by atoms with Gasteiger partial charge in [-0.2, -0.15) is 0 Å². The molecule has 1 N–H and O–H groups in total. The second kappa shape index (κ2) is 6.66. The molecule has 19 heavy (non-hydrogen) atoms. The van der Waals surface area contributed by atoms with Crippen molar-refractivity contribution in [1.82, 2.24) is 15.5 Å². The first-order valence-electron chi connectivity index (χ1n) is 6.09. The molecule has 102 valence electrons. The average Bonchev–Trinajstić information content (AvgIpc) is 2.83. The molecule has 1 unspecified atom stereocenters. The number of rotatable bonds is 5. The van der Waals surface area contributed by atoms with Crippen molar-refractivity contribution in [1.29, 1.82) is 0 Å². The van der Waals surface area contributed by atoms with Crippen LogP contribution in [0.25, 0.3) is 0 Å². The van der Waals surface area contributed by atoms with E-state index in [2.05, 4.69) is 29.4 Å². The van der Waals surface area contributed by atoms with Crippen LogP contribution in [0.4, 0.5) is 0 Å². The minimum Gasteiger partial charge on any atom is -0.308 e. The van der Waals surface area contributed by atoms with E-state index in [9.17, 15) is 0 Å². The van der Waals surface area contributed by atoms with Gasteiger partial charge in [0.05, 0.1) is 16.1 Å². The first-order chi connectivity index (χ1) is 9.10. The normalized spacial score (nSPS) is 12.6. The van der Waals surface area contributed by atoms with E-state index < -0.39 is 0 Å². The van der Waals surface area contributed by atoms with Gasteiger partial charge in [-0.15, -0.1) is 10.2 Å². The minimum atomic E-state index is 0.241. The number of hydrogen-bond acceptors (Lipinski definition) is 4. The molecular weight excluding hydrogens is 301 g/mol. The Morgan fingerprint density at radius 3 is 2.74 bits per heavy atom. The van der Waals surface area contributed by atoms with Crippen LogP contribution < -0.4 is 5.32 Å². The van der Waals surface area contributed by atoms with Gasteiger partial charge in [-0.05, 0) is 31.2 Å². The summed E-state index contributed by atoms with van der Waals surface area (Å²) in [6, 6.07) is 5.88. The summed E-state index contributed by atoms with van der Waals surface area (Å²) >= 11 is 13.5. The molecule has 0 aliphatic heterocycles. The fraction of sp³-hybridized carbons (Fsp3) is 0.385. The van der Waals surface area contributed by atoms with Crippen LogP contribution in [0, 0.1) is 0 Å². The van der Waals surface area contributed by atoms with Crippen molar-refractivity contribution in [3.8, 4) is 0 Å². The van der Waals surface area contributed by atoms with Crippen LogP contribution in [-0.2, 0) is 6.42 Å². The van der Waals surface area contributed by atoms with Crippen LogP contribution in [0.3, 0.4) is 0 Å². The smallest absolute Gasteiger partial charge is 0.134 e. The SMILES string of the molecule is CCNC(C)c1nnc(Cc2ccc(Cl)c(Cl)c2)s1. The van der Waals surface area contributed by atoms with Gasteiger partial charge in [-0.3, -0.25) is 0 Å². The van der Waals surface area contributed by atoms with Gasteiger partial charge in [0.2, 0.25) is 0 Å². The molecule has 0 radical (unpaired) electrons. The number of nitrogens with zero attached hydrogens (tertiary/aromatic N) is 2. The molecule has 2 rings (SSSR count). The first kappa shape index (κ1) is 14.7. The van der Waals surface area contributed by atoms with Crippen molar-refractivity contribution < 1.29 is 0 Å². The highest BCUT2D eigenvalue weighted by molar-refractivity contribution is 7.11. The lowest BCUT2D eigenvalue weighted by Crippen LogP contribution is -2.17. The Labute approximate surface area is 127 Å². The summed E-state index contributed by atoms with van der Waals surface area (Å²) in [5.74, 6) is 0. The summed E-state index contributed by atoms with van der Waals surface area (Å²) < 4.78 is 0. The van der Waals surface area contributed by atoms with Crippen molar-refractivity contribution in [2.45, 2.75) is 26.3 Å². The third-order valence-electron chi connectivity index (χ3n) is 2.70. The number of nitrogens with one attached hydrogen (secondary N) is 1. The lowest BCUT2D eigenvalue weighted by Gasteiger charge is -2.06. The average molecular weight is 316 g/mol. The van der Waals surface area contributed by atoms with E-state index in [0.717, 1.165) is 28.5 Å². The summed E-state index contributed by atoms with van der Waals surface area (Å²) in [7, 11) is 0. The van der Waals surface area contributed by atoms with Crippen molar-refractivity contribution in [3.63, 3.8) is 0 Å². The van der Waals surface area contributed by atoms with Crippen LogP contribution in [-0.4, -0.2) is 16.7 Å². The zero-order valence-electron chi connectivity index (χ0n) is 10.8. The lowest BCUT2D eigenvalue weighted by molar-refractivity contribution is 0.589. The van der Waals surface area contributed by atoms with Crippen molar-refractivity contribution in [3.05, 3.63) is 43.8 Å². The molecule has 0 spiro atoms. The molecule has 3 nitrogen and oxygen atoms in total. The van der Waals surface area contributed by atoms with Crippen molar-refractivity contribution in [2.24, 2.45) is 0 Å². The molecule has 0 saturated heterocycles. The standard InChI is InChI=1S/C13H15Cl2N3S/c1-3-16-8(2)13-18-17-12(19-13)7-9-4-5-10(14)11(15)6-9/h4-6,8,16H,3,7H2,1-2H3. The quantitative estimate of drug-likeness (QED) is 0.902. The predicted octanol–water partition coefficient (Wildman–Crippen LogP) is 4.11. The molecule has 1 heterocycles. The van der Waals surface area contributed by atoms with Gasteiger partial charge in [0, 0.05) is 6.42 Å². The van der Waals surface area contributed by atoms with Gasteiger partial charge in [-0.1, -0.05) is 47.5 Å². The number of benzene rings is 1. The van der Waals surface area contributed by atoms with E-state index in [1.165, 1.54) is 0 Å². The fourth-order valence-electron chi connectivity index (χ4n) is 1.73. The highest BCUT2D eigenvalue weighted by Crippen LogP contribution is 2.25.